The molecule has 0 spiro atoms. The van der Waals surface area contributed by atoms with Gasteiger partial charge in [0.2, 0.25) is 0 Å². The molecule has 0 fully saturated rings. The molecule has 0 unspecified atom stereocenters. The minimum Gasteiger partial charge on any atom is -0.295 e. The number of Topliss-reactive ketones (excluding diaryl/α,β-unsaturated/α-hetero) is 1. The Labute approximate surface area is 74.9 Å². The van der Waals surface area contributed by atoms with Crippen molar-refractivity contribution >= 4 is 29.0 Å². The van der Waals surface area contributed by atoms with Crippen molar-refractivity contribution in [2.75, 3.05) is 0 Å². The molecular formula is C8H5Cl2O. The highest BCUT2D eigenvalue weighted by Crippen LogP contribution is 2.18. The Hall–Kier alpha value is -0.530. The van der Waals surface area contributed by atoms with Gasteiger partial charge in [0, 0.05) is 11.6 Å². The predicted molar refractivity (Wildman–Crippen MR) is 45.3 cm³/mol. The highest BCUT2D eigenvalue weighted by Gasteiger charge is 2.01. The molecule has 1 nitrogen and oxygen atoms in total. The summed E-state index contributed by atoms with van der Waals surface area (Å²) in [6.45, 7) is 1.46. The number of hydrogen-bond donors (Lipinski definition) is 0. The maximum Gasteiger partial charge on any atom is 0.159 e. The van der Waals surface area contributed by atoms with Crippen LogP contribution in [0.5, 0.6) is 0 Å². The van der Waals surface area contributed by atoms with Crippen molar-refractivity contribution in [2.24, 2.45) is 0 Å². The first-order chi connectivity index (χ1) is 5.09. The van der Waals surface area contributed by atoms with E-state index in [0.29, 0.717) is 15.6 Å². The largest absolute Gasteiger partial charge is 0.295 e. The molecule has 0 saturated heterocycles. The lowest BCUT2D eigenvalue weighted by atomic mass is 10.1. The Morgan fingerprint density at radius 3 is 2.18 bits per heavy atom. The monoisotopic (exact) mass is 187 g/mol. The summed E-state index contributed by atoms with van der Waals surface area (Å²) in [6, 6.07) is 5.72. The normalized spacial score (nSPS) is 9.73. The standard InChI is InChI=1S/C8H5Cl2O/c1-5(11)6-2-7(9)4-8(10)3-6/h2-3H,1H3. The summed E-state index contributed by atoms with van der Waals surface area (Å²) in [5.41, 5.74) is 0.513. The molecule has 0 N–H and O–H groups in total. The number of benzene rings is 1. The SMILES string of the molecule is CC(=O)c1cc(Cl)[c]c(Cl)c1. The quantitative estimate of drug-likeness (QED) is 0.619. The number of rotatable bonds is 1. The summed E-state index contributed by atoms with van der Waals surface area (Å²) < 4.78 is 0. The van der Waals surface area contributed by atoms with Gasteiger partial charge in [-0.1, -0.05) is 23.2 Å². The fourth-order valence-corrected chi connectivity index (χ4v) is 1.19. The summed E-state index contributed by atoms with van der Waals surface area (Å²) in [4.78, 5) is 10.8. The van der Waals surface area contributed by atoms with Crippen molar-refractivity contribution in [1.29, 1.82) is 0 Å². The molecule has 3 heteroatoms. The van der Waals surface area contributed by atoms with E-state index in [9.17, 15) is 4.79 Å². The smallest absolute Gasteiger partial charge is 0.159 e. The van der Waals surface area contributed by atoms with Gasteiger partial charge < -0.3 is 0 Å². The number of hydrogen-bond acceptors (Lipinski definition) is 1. The Morgan fingerprint density at radius 2 is 1.82 bits per heavy atom. The average Bonchev–Trinajstić information content (AvgIpc) is 1.85. The van der Waals surface area contributed by atoms with Gasteiger partial charge in [0.25, 0.3) is 0 Å². The molecule has 1 aromatic rings. The molecule has 1 aromatic carbocycles. The molecular weight excluding hydrogens is 183 g/mol. The van der Waals surface area contributed by atoms with Crippen LogP contribution in [0.25, 0.3) is 0 Å². The summed E-state index contributed by atoms with van der Waals surface area (Å²) in [5.74, 6) is -0.0530. The Balaban J connectivity index is 3.19. The third-order valence-electron chi connectivity index (χ3n) is 1.21. The number of carbonyl (C=O) groups excluding carboxylic acids is 1. The molecule has 0 amide bonds. The van der Waals surface area contributed by atoms with Gasteiger partial charge in [-0.15, -0.1) is 0 Å². The fraction of sp³-hybridized carbons (Fsp3) is 0.125. The van der Waals surface area contributed by atoms with E-state index >= 15 is 0 Å². The van der Waals surface area contributed by atoms with E-state index in [2.05, 4.69) is 6.07 Å². The average molecular weight is 188 g/mol. The Kier molecular flexibility index (Phi) is 2.53. The molecule has 0 aliphatic rings. The van der Waals surface area contributed by atoms with Gasteiger partial charge in [0.15, 0.2) is 5.78 Å². The van der Waals surface area contributed by atoms with Crippen LogP contribution >= 0.6 is 23.2 Å². The van der Waals surface area contributed by atoms with Crippen molar-refractivity contribution in [3.8, 4) is 0 Å². The first-order valence-corrected chi connectivity index (χ1v) is 3.74. The molecule has 0 atom stereocenters. The van der Waals surface area contributed by atoms with Crippen LogP contribution in [-0.2, 0) is 0 Å². The van der Waals surface area contributed by atoms with E-state index < -0.39 is 0 Å². The zero-order valence-corrected chi connectivity index (χ0v) is 7.33. The lowest BCUT2D eigenvalue weighted by Gasteiger charge is -1.96. The van der Waals surface area contributed by atoms with E-state index in [1.165, 1.54) is 19.1 Å². The van der Waals surface area contributed by atoms with Crippen molar-refractivity contribution < 1.29 is 4.79 Å². The summed E-state index contributed by atoms with van der Waals surface area (Å²) >= 11 is 11.2. The molecule has 0 aromatic heterocycles. The minimum absolute atomic E-state index is 0.0530. The van der Waals surface area contributed by atoms with Gasteiger partial charge >= 0.3 is 0 Å². The second-order valence-corrected chi connectivity index (χ2v) is 2.94. The van der Waals surface area contributed by atoms with Gasteiger partial charge in [-0.3, -0.25) is 4.79 Å². The summed E-state index contributed by atoms with van der Waals surface area (Å²) in [7, 11) is 0. The number of carbonyl (C=O) groups is 1. The van der Waals surface area contributed by atoms with Gasteiger partial charge in [0.05, 0.1) is 10.0 Å². The van der Waals surface area contributed by atoms with Gasteiger partial charge in [-0.05, 0) is 19.1 Å². The molecule has 1 radical (unpaired) electrons. The molecule has 0 bridgehead atoms. The maximum absolute atomic E-state index is 10.8. The highest BCUT2D eigenvalue weighted by atomic mass is 35.5. The number of halogens is 2. The van der Waals surface area contributed by atoms with Crippen molar-refractivity contribution in [3.05, 3.63) is 33.8 Å². The van der Waals surface area contributed by atoms with Crippen LogP contribution in [0.15, 0.2) is 12.1 Å². The van der Waals surface area contributed by atoms with E-state index in [1.807, 2.05) is 0 Å². The molecule has 0 aliphatic heterocycles. The molecule has 0 heterocycles. The summed E-state index contributed by atoms with van der Waals surface area (Å²) in [6.07, 6.45) is 0. The number of ketones is 1. The highest BCUT2D eigenvalue weighted by molar-refractivity contribution is 6.34. The molecule has 57 valence electrons. The van der Waals surface area contributed by atoms with Crippen LogP contribution in [0.3, 0.4) is 0 Å². The van der Waals surface area contributed by atoms with E-state index in [-0.39, 0.29) is 5.78 Å². The Bertz CT molecular complexity index is 274. The Morgan fingerprint density at radius 1 is 1.36 bits per heavy atom. The predicted octanol–water partition coefficient (Wildman–Crippen LogP) is 3.00. The van der Waals surface area contributed by atoms with Crippen LogP contribution in [0.1, 0.15) is 17.3 Å². The van der Waals surface area contributed by atoms with Crippen molar-refractivity contribution in [1.82, 2.24) is 0 Å². The lowest BCUT2D eigenvalue weighted by Crippen LogP contribution is -1.90. The van der Waals surface area contributed by atoms with Gasteiger partial charge in [-0.2, -0.15) is 0 Å². The zero-order chi connectivity index (χ0) is 8.43. The maximum atomic E-state index is 10.8. The van der Waals surface area contributed by atoms with E-state index in [0.717, 1.165) is 0 Å². The first kappa shape index (κ1) is 8.57. The second-order valence-electron chi connectivity index (χ2n) is 2.12. The fourth-order valence-electron chi connectivity index (χ4n) is 0.704. The van der Waals surface area contributed by atoms with Gasteiger partial charge in [0.1, 0.15) is 0 Å². The molecule has 1 rings (SSSR count). The molecule has 0 saturated carbocycles. The topological polar surface area (TPSA) is 17.1 Å². The van der Waals surface area contributed by atoms with Crippen LogP contribution in [0.2, 0.25) is 10.0 Å². The third kappa shape index (κ3) is 2.21. The van der Waals surface area contributed by atoms with E-state index in [4.69, 9.17) is 23.2 Å². The zero-order valence-electron chi connectivity index (χ0n) is 5.82. The molecule has 0 aliphatic carbocycles. The third-order valence-corrected chi connectivity index (χ3v) is 1.62. The summed E-state index contributed by atoms with van der Waals surface area (Å²) in [5, 5.41) is 0.727. The van der Waals surface area contributed by atoms with Crippen LogP contribution < -0.4 is 0 Å². The van der Waals surface area contributed by atoms with Crippen LogP contribution in [-0.4, -0.2) is 5.78 Å². The van der Waals surface area contributed by atoms with Crippen LogP contribution in [0, 0.1) is 6.07 Å². The van der Waals surface area contributed by atoms with E-state index in [1.54, 1.807) is 0 Å². The van der Waals surface area contributed by atoms with Gasteiger partial charge in [-0.25, -0.2) is 0 Å². The first-order valence-electron chi connectivity index (χ1n) is 2.99. The minimum atomic E-state index is -0.0530. The lowest BCUT2D eigenvalue weighted by molar-refractivity contribution is 0.101. The van der Waals surface area contributed by atoms with Crippen molar-refractivity contribution in [2.45, 2.75) is 6.92 Å². The molecule has 11 heavy (non-hydrogen) atoms. The van der Waals surface area contributed by atoms with Crippen molar-refractivity contribution in [3.63, 3.8) is 0 Å². The second kappa shape index (κ2) is 3.24. The van der Waals surface area contributed by atoms with Crippen LogP contribution in [0.4, 0.5) is 0 Å².